The van der Waals surface area contributed by atoms with E-state index in [4.69, 9.17) is 5.73 Å². The molecule has 2 heterocycles. The zero-order valence-electron chi connectivity index (χ0n) is 10.1. The van der Waals surface area contributed by atoms with Crippen LogP contribution in [0.3, 0.4) is 0 Å². The number of nitrogens with zero attached hydrogens (tertiary/aromatic N) is 2. The number of nitrogens with one attached hydrogen (secondary N) is 1. The minimum absolute atomic E-state index is 0.0938. The molecular formula is C12H16N4O2. The molecule has 3 rings (SSSR count). The number of hydrogen-bond donors (Lipinski definition) is 2. The van der Waals surface area contributed by atoms with Crippen molar-refractivity contribution in [1.82, 2.24) is 10.2 Å². The second kappa shape index (κ2) is 4.20. The van der Waals surface area contributed by atoms with Gasteiger partial charge in [0, 0.05) is 12.1 Å². The Morgan fingerprint density at radius 3 is 2.44 bits per heavy atom. The van der Waals surface area contributed by atoms with Gasteiger partial charge in [-0.2, -0.15) is 5.10 Å². The fraction of sp³-hybridized carbons (Fsp3) is 0.583. The first kappa shape index (κ1) is 11.4. The van der Waals surface area contributed by atoms with Crippen molar-refractivity contribution in [2.75, 3.05) is 4.90 Å². The maximum absolute atomic E-state index is 12.3. The zero-order chi connectivity index (χ0) is 12.7. The number of fused-ring (bicyclic) bond motifs is 1. The number of imide groups is 1. The van der Waals surface area contributed by atoms with Crippen LogP contribution in [0.1, 0.15) is 31.2 Å². The second-order valence-electron chi connectivity index (χ2n) is 4.96. The van der Waals surface area contributed by atoms with Gasteiger partial charge in [0.2, 0.25) is 11.8 Å². The molecule has 96 valence electrons. The molecule has 2 unspecified atom stereocenters. The van der Waals surface area contributed by atoms with Crippen LogP contribution >= 0.6 is 0 Å². The van der Waals surface area contributed by atoms with Crippen LogP contribution in [0.25, 0.3) is 0 Å². The molecule has 2 fully saturated rings. The number of hydrogen-bond acceptors (Lipinski definition) is 4. The van der Waals surface area contributed by atoms with Crippen LogP contribution in [0.15, 0.2) is 6.20 Å². The van der Waals surface area contributed by atoms with E-state index in [-0.39, 0.29) is 30.2 Å². The molecule has 1 saturated carbocycles. The lowest BCUT2D eigenvalue weighted by Crippen LogP contribution is -2.32. The molecule has 18 heavy (non-hydrogen) atoms. The summed E-state index contributed by atoms with van der Waals surface area (Å²) in [6.45, 7) is 0.262. The van der Waals surface area contributed by atoms with Gasteiger partial charge < -0.3 is 5.73 Å². The van der Waals surface area contributed by atoms with Gasteiger partial charge in [0.25, 0.3) is 0 Å². The van der Waals surface area contributed by atoms with E-state index in [0.29, 0.717) is 11.4 Å². The Morgan fingerprint density at radius 2 is 1.89 bits per heavy atom. The van der Waals surface area contributed by atoms with Gasteiger partial charge in [0.05, 0.1) is 18.0 Å². The lowest BCUT2D eigenvalue weighted by atomic mass is 9.81. The molecule has 1 aliphatic heterocycles. The Bertz CT molecular complexity index is 472. The van der Waals surface area contributed by atoms with Crippen molar-refractivity contribution < 1.29 is 9.59 Å². The maximum Gasteiger partial charge on any atom is 0.238 e. The van der Waals surface area contributed by atoms with Gasteiger partial charge in [0.15, 0.2) is 0 Å². The first-order chi connectivity index (χ1) is 8.74. The number of carbonyl (C=O) groups excluding carboxylic acids is 2. The standard InChI is InChI=1S/C12H16N4O2/c13-5-7-6-14-15-10(7)16-11(17)8-3-1-2-4-9(8)12(16)18/h6,8-9H,1-5,13H2,(H,14,15). The maximum atomic E-state index is 12.3. The number of H-pyrrole nitrogens is 1. The van der Waals surface area contributed by atoms with E-state index in [1.165, 1.54) is 4.90 Å². The monoisotopic (exact) mass is 248 g/mol. The Labute approximate surface area is 105 Å². The van der Waals surface area contributed by atoms with Gasteiger partial charge in [-0.1, -0.05) is 12.8 Å². The number of amides is 2. The molecule has 3 N–H and O–H groups in total. The summed E-state index contributed by atoms with van der Waals surface area (Å²) >= 11 is 0. The molecule has 0 bridgehead atoms. The summed E-state index contributed by atoms with van der Waals surface area (Å²) in [7, 11) is 0. The molecule has 1 saturated heterocycles. The molecule has 2 atom stereocenters. The van der Waals surface area contributed by atoms with E-state index in [1.54, 1.807) is 6.20 Å². The summed E-state index contributed by atoms with van der Waals surface area (Å²) in [6, 6.07) is 0. The molecule has 6 nitrogen and oxygen atoms in total. The SMILES string of the molecule is NCc1cn[nH]c1N1C(=O)C2CCCCC2C1=O. The Hall–Kier alpha value is -1.69. The molecular weight excluding hydrogens is 232 g/mol. The van der Waals surface area contributed by atoms with Crippen molar-refractivity contribution in [3.8, 4) is 0 Å². The number of anilines is 1. The molecule has 1 aliphatic carbocycles. The third-order valence-electron chi connectivity index (χ3n) is 3.98. The highest BCUT2D eigenvalue weighted by Crippen LogP contribution is 2.40. The normalized spacial score (nSPS) is 27.7. The lowest BCUT2D eigenvalue weighted by molar-refractivity contribution is -0.122. The van der Waals surface area contributed by atoms with E-state index in [0.717, 1.165) is 25.7 Å². The van der Waals surface area contributed by atoms with Gasteiger partial charge in [-0.3, -0.25) is 14.7 Å². The minimum Gasteiger partial charge on any atom is -0.326 e. The Kier molecular flexibility index (Phi) is 2.66. The van der Waals surface area contributed by atoms with Crippen molar-refractivity contribution in [1.29, 1.82) is 0 Å². The average molecular weight is 248 g/mol. The van der Waals surface area contributed by atoms with Crippen molar-refractivity contribution in [3.63, 3.8) is 0 Å². The third kappa shape index (κ3) is 1.49. The molecule has 1 aromatic heterocycles. The number of nitrogens with two attached hydrogens (primary N) is 1. The van der Waals surface area contributed by atoms with E-state index >= 15 is 0 Å². The Morgan fingerprint density at radius 1 is 1.28 bits per heavy atom. The molecule has 0 radical (unpaired) electrons. The van der Waals surface area contributed by atoms with Gasteiger partial charge in [-0.25, -0.2) is 4.90 Å². The van der Waals surface area contributed by atoms with Gasteiger partial charge in [-0.15, -0.1) is 0 Å². The van der Waals surface area contributed by atoms with E-state index in [1.807, 2.05) is 0 Å². The van der Waals surface area contributed by atoms with E-state index < -0.39 is 0 Å². The van der Waals surface area contributed by atoms with Crippen molar-refractivity contribution >= 4 is 17.6 Å². The van der Waals surface area contributed by atoms with E-state index in [2.05, 4.69) is 10.2 Å². The highest BCUT2D eigenvalue weighted by Gasteiger charge is 2.49. The minimum atomic E-state index is -0.139. The van der Waals surface area contributed by atoms with E-state index in [9.17, 15) is 9.59 Å². The molecule has 0 spiro atoms. The van der Waals surface area contributed by atoms with Crippen molar-refractivity contribution in [3.05, 3.63) is 11.8 Å². The molecule has 2 aliphatic rings. The predicted molar refractivity (Wildman–Crippen MR) is 64.4 cm³/mol. The number of aromatic nitrogens is 2. The van der Waals surface area contributed by atoms with Gasteiger partial charge in [0.1, 0.15) is 5.82 Å². The summed E-state index contributed by atoms with van der Waals surface area (Å²) in [6.07, 6.45) is 5.26. The molecule has 1 aromatic rings. The fourth-order valence-electron chi connectivity index (χ4n) is 3.03. The molecule has 2 amide bonds. The molecule has 6 heteroatoms. The van der Waals surface area contributed by atoms with Crippen LogP contribution in [0.4, 0.5) is 5.82 Å². The summed E-state index contributed by atoms with van der Waals surface area (Å²) in [5.41, 5.74) is 6.29. The van der Waals surface area contributed by atoms with Crippen LogP contribution in [-0.2, 0) is 16.1 Å². The highest BCUT2D eigenvalue weighted by atomic mass is 16.2. The summed E-state index contributed by atoms with van der Waals surface area (Å²) in [4.78, 5) is 25.9. The van der Waals surface area contributed by atoms with Crippen LogP contribution in [0.5, 0.6) is 0 Å². The fourth-order valence-corrected chi connectivity index (χ4v) is 3.03. The average Bonchev–Trinajstić information content (AvgIpc) is 2.95. The zero-order valence-corrected chi connectivity index (χ0v) is 10.1. The van der Waals surface area contributed by atoms with Crippen molar-refractivity contribution in [2.45, 2.75) is 32.2 Å². The van der Waals surface area contributed by atoms with Gasteiger partial charge in [-0.05, 0) is 12.8 Å². The first-order valence-electron chi connectivity index (χ1n) is 6.34. The third-order valence-corrected chi connectivity index (χ3v) is 3.98. The van der Waals surface area contributed by atoms with Crippen molar-refractivity contribution in [2.24, 2.45) is 17.6 Å². The first-order valence-corrected chi connectivity index (χ1v) is 6.34. The van der Waals surface area contributed by atoms with Crippen LogP contribution in [0, 0.1) is 11.8 Å². The number of rotatable bonds is 2. The number of aromatic amines is 1. The molecule has 0 aromatic carbocycles. The summed E-state index contributed by atoms with van der Waals surface area (Å²) in [5.74, 6) is -0.00505. The van der Waals surface area contributed by atoms with Crippen LogP contribution < -0.4 is 10.6 Å². The smallest absolute Gasteiger partial charge is 0.238 e. The topological polar surface area (TPSA) is 92.1 Å². The second-order valence-corrected chi connectivity index (χ2v) is 4.96. The van der Waals surface area contributed by atoms with Crippen LogP contribution in [0.2, 0.25) is 0 Å². The van der Waals surface area contributed by atoms with Gasteiger partial charge >= 0.3 is 0 Å². The quantitative estimate of drug-likeness (QED) is 0.747. The summed E-state index contributed by atoms with van der Waals surface area (Å²) in [5, 5.41) is 6.60. The highest BCUT2D eigenvalue weighted by molar-refractivity contribution is 6.21. The summed E-state index contributed by atoms with van der Waals surface area (Å²) < 4.78 is 0. The largest absolute Gasteiger partial charge is 0.326 e. The van der Waals surface area contributed by atoms with Crippen LogP contribution in [-0.4, -0.2) is 22.0 Å². The lowest BCUT2D eigenvalue weighted by Gasteiger charge is -2.19. The predicted octanol–water partition coefficient (Wildman–Crippen LogP) is 0.548. The Balaban J connectivity index is 1.97. The number of carbonyl (C=O) groups is 2.